The molecule has 0 bridgehead atoms. The number of benzene rings is 1. The Balaban J connectivity index is 1.53. The van der Waals surface area contributed by atoms with Crippen LogP contribution in [0.5, 0.6) is 0 Å². The predicted molar refractivity (Wildman–Crippen MR) is 114 cm³/mol. The Labute approximate surface area is 167 Å². The van der Waals surface area contributed by atoms with Crippen molar-refractivity contribution in [3.05, 3.63) is 54.4 Å². The molecule has 1 aliphatic rings. The number of anilines is 1. The summed E-state index contributed by atoms with van der Waals surface area (Å²) >= 11 is 0. The standard InChI is InChI=1S/C22H31N5O/c1-2-23-22(24-12-15-27-13-5-6-14-27)25-17-18-8-7-11-20(16-18)26-21(28)19-9-3-4-10-19/h5-8,11,13-14,16,19H,2-4,9-10,12,15,17H2,1H3,(H,26,28)(H2,23,24,25). The van der Waals surface area contributed by atoms with Gasteiger partial charge in [-0.1, -0.05) is 25.0 Å². The largest absolute Gasteiger partial charge is 0.357 e. The molecule has 0 atom stereocenters. The lowest BCUT2D eigenvalue weighted by molar-refractivity contribution is -0.119. The number of rotatable bonds is 8. The number of aromatic nitrogens is 1. The van der Waals surface area contributed by atoms with Crippen LogP contribution >= 0.6 is 0 Å². The third-order valence-electron chi connectivity index (χ3n) is 5.01. The number of amides is 1. The van der Waals surface area contributed by atoms with Crippen molar-refractivity contribution >= 4 is 17.6 Å². The quantitative estimate of drug-likeness (QED) is 0.485. The molecule has 0 aliphatic heterocycles. The summed E-state index contributed by atoms with van der Waals surface area (Å²) in [6, 6.07) is 12.0. The first-order valence-electron chi connectivity index (χ1n) is 10.3. The van der Waals surface area contributed by atoms with E-state index in [-0.39, 0.29) is 11.8 Å². The van der Waals surface area contributed by atoms with Crippen LogP contribution in [0.3, 0.4) is 0 Å². The number of guanidine groups is 1. The van der Waals surface area contributed by atoms with Crippen LogP contribution < -0.4 is 16.0 Å². The topological polar surface area (TPSA) is 70.4 Å². The van der Waals surface area contributed by atoms with Gasteiger partial charge < -0.3 is 20.5 Å². The number of aliphatic imine (C=N–C) groups is 1. The minimum atomic E-state index is 0.151. The number of nitrogens with zero attached hydrogens (tertiary/aromatic N) is 2. The summed E-state index contributed by atoms with van der Waals surface area (Å²) in [5.41, 5.74) is 1.93. The van der Waals surface area contributed by atoms with Gasteiger partial charge in [0.05, 0.1) is 6.54 Å². The second-order valence-electron chi connectivity index (χ2n) is 7.21. The van der Waals surface area contributed by atoms with E-state index < -0.39 is 0 Å². The molecule has 1 aromatic carbocycles. The Morgan fingerprint density at radius 3 is 2.68 bits per heavy atom. The van der Waals surface area contributed by atoms with Crippen LogP contribution in [0.1, 0.15) is 38.2 Å². The number of hydrogen-bond donors (Lipinski definition) is 3. The Hall–Kier alpha value is -2.76. The summed E-state index contributed by atoms with van der Waals surface area (Å²) in [7, 11) is 0. The summed E-state index contributed by atoms with van der Waals surface area (Å²) in [5, 5.41) is 9.70. The van der Waals surface area contributed by atoms with Gasteiger partial charge in [0.2, 0.25) is 5.91 Å². The van der Waals surface area contributed by atoms with Gasteiger partial charge in [-0.25, -0.2) is 4.99 Å². The molecule has 1 aliphatic carbocycles. The van der Waals surface area contributed by atoms with Crippen LogP contribution in [0.25, 0.3) is 0 Å². The maximum atomic E-state index is 12.3. The summed E-state index contributed by atoms with van der Waals surface area (Å²) in [4.78, 5) is 17.0. The van der Waals surface area contributed by atoms with Gasteiger partial charge in [0.25, 0.3) is 0 Å². The van der Waals surface area contributed by atoms with E-state index in [1.165, 1.54) is 0 Å². The number of carbonyl (C=O) groups is 1. The zero-order valence-electron chi connectivity index (χ0n) is 16.7. The van der Waals surface area contributed by atoms with E-state index in [1.807, 2.05) is 36.4 Å². The fourth-order valence-corrected chi connectivity index (χ4v) is 3.51. The summed E-state index contributed by atoms with van der Waals surface area (Å²) in [6.07, 6.45) is 8.45. The molecule has 1 heterocycles. The first-order chi connectivity index (χ1) is 13.7. The van der Waals surface area contributed by atoms with Gasteiger partial charge in [0, 0.05) is 43.6 Å². The van der Waals surface area contributed by atoms with E-state index in [2.05, 4.69) is 44.8 Å². The molecule has 2 aromatic rings. The highest BCUT2D eigenvalue weighted by Crippen LogP contribution is 2.26. The first-order valence-corrected chi connectivity index (χ1v) is 10.3. The highest BCUT2D eigenvalue weighted by Gasteiger charge is 2.22. The minimum absolute atomic E-state index is 0.151. The molecule has 6 heteroatoms. The fourth-order valence-electron chi connectivity index (χ4n) is 3.51. The fraction of sp³-hybridized carbons (Fsp3) is 0.455. The van der Waals surface area contributed by atoms with Gasteiger partial charge in [-0.05, 0) is 49.6 Å². The predicted octanol–water partition coefficient (Wildman–Crippen LogP) is 3.37. The van der Waals surface area contributed by atoms with Crippen molar-refractivity contribution in [1.82, 2.24) is 15.2 Å². The van der Waals surface area contributed by atoms with Crippen LogP contribution in [-0.4, -0.2) is 29.5 Å². The van der Waals surface area contributed by atoms with E-state index >= 15 is 0 Å². The lowest BCUT2D eigenvalue weighted by Crippen LogP contribution is -2.38. The molecule has 1 amide bonds. The Morgan fingerprint density at radius 2 is 1.93 bits per heavy atom. The summed E-state index contributed by atoms with van der Waals surface area (Å²) in [6.45, 7) is 5.12. The van der Waals surface area contributed by atoms with Crippen molar-refractivity contribution in [3.8, 4) is 0 Å². The van der Waals surface area contributed by atoms with Crippen molar-refractivity contribution in [3.63, 3.8) is 0 Å². The molecule has 3 N–H and O–H groups in total. The zero-order valence-corrected chi connectivity index (χ0v) is 16.7. The van der Waals surface area contributed by atoms with Crippen LogP contribution in [0.2, 0.25) is 0 Å². The molecule has 0 unspecified atom stereocenters. The van der Waals surface area contributed by atoms with Crippen LogP contribution in [-0.2, 0) is 17.9 Å². The van der Waals surface area contributed by atoms with Crippen LogP contribution in [0.15, 0.2) is 53.8 Å². The third-order valence-corrected chi connectivity index (χ3v) is 5.01. The van der Waals surface area contributed by atoms with Gasteiger partial charge in [0.1, 0.15) is 0 Å². The van der Waals surface area contributed by atoms with Crippen LogP contribution in [0.4, 0.5) is 5.69 Å². The summed E-state index contributed by atoms with van der Waals surface area (Å²) in [5.74, 6) is 1.12. The maximum absolute atomic E-state index is 12.3. The van der Waals surface area contributed by atoms with Crippen LogP contribution in [0, 0.1) is 5.92 Å². The number of nitrogens with one attached hydrogen (secondary N) is 3. The van der Waals surface area contributed by atoms with Gasteiger partial charge >= 0.3 is 0 Å². The lowest BCUT2D eigenvalue weighted by Gasteiger charge is -2.13. The minimum Gasteiger partial charge on any atom is -0.357 e. The van der Waals surface area contributed by atoms with E-state index in [0.717, 1.165) is 62.5 Å². The Bertz CT molecular complexity index is 763. The average Bonchev–Trinajstić information content (AvgIpc) is 3.40. The van der Waals surface area contributed by atoms with E-state index in [0.29, 0.717) is 6.54 Å². The number of hydrogen-bond acceptors (Lipinski definition) is 2. The molecule has 3 rings (SSSR count). The molecular weight excluding hydrogens is 350 g/mol. The lowest BCUT2D eigenvalue weighted by atomic mass is 10.1. The Morgan fingerprint density at radius 1 is 1.14 bits per heavy atom. The molecule has 1 saturated carbocycles. The van der Waals surface area contributed by atoms with Gasteiger partial charge in [-0.15, -0.1) is 0 Å². The highest BCUT2D eigenvalue weighted by atomic mass is 16.1. The van der Waals surface area contributed by atoms with Crippen molar-refractivity contribution in [1.29, 1.82) is 0 Å². The van der Waals surface area contributed by atoms with Gasteiger partial charge in [0.15, 0.2) is 5.96 Å². The normalized spacial score (nSPS) is 14.8. The highest BCUT2D eigenvalue weighted by molar-refractivity contribution is 5.92. The van der Waals surface area contributed by atoms with Crippen molar-refractivity contribution in [2.24, 2.45) is 10.9 Å². The second kappa shape index (κ2) is 10.5. The molecule has 1 aromatic heterocycles. The van der Waals surface area contributed by atoms with E-state index in [9.17, 15) is 4.79 Å². The number of carbonyl (C=O) groups excluding carboxylic acids is 1. The third kappa shape index (κ3) is 6.15. The first kappa shape index (κ1) is 20.0. The average molecular weight is 382 g/mol. The van der Waals surface area contributed by atoms with E-state index in [4.69, 9.17) is 0 Å². The SMILES string of the molecule is CCNC(=NCc1cccc(NC(=O)C2CCCC2)c1)NCCn1cccc1. The van der Waals surface area contributed by atoms with E-state index in [1.54, 1.807) is 0 Å². The van der Waals surface area contributed by atoms with Gasteiger partial charge in [-0.2, -0.15) is 0 Å². The monoisotopic (exact) mass is 381 g/mol. The van der Waals surface area contributed by atoms with Crippen molar-refractivity contribution in [2.75, 3.05) is 18.4 Å². The smallest absolute Gasteiger partial charge is 0.227 e. The summed E-state index contributed by atoms with van der Waals surface area (Å²) < 4.78 is 2.13. The molecule has 0 spiro atoms. The molecule has 150 valence electrons. The maximum Gasteiger partial charge on any atom is 0.227 e. The molecule has 0 radical (unpaired) electrons. The van der Waals surface area contributed by atoms with Crippen molar-refractivity contribution in [2.45, 2.75) is 45.7 Å². The molecule has 6 nitrogen and oxygen atoms in total. The molecular formula is C22H31N5O. The molecule has 1 fully saturated rings. The zero-order chi connectivity index (χ0) is 19.6. The van der Waals surface area contributed by atoms with Gasteiger partial charge in [-0.3, -0.25) is 4.79 Å². The second-order valence-corrected chi connectivity index (χ2v) is 7.21. The molecule has 28 heavy (non-hydrogen) atoms. The van der Waals surface area contributed by atoms with Crippen molar-refractivity contribution < 1.29 is 4.79 Å². The Kier molecular flexibility index (Phi) is 7.53. The molecule has 0 saturated heterocycles.